The van der Waals surface area contributed by atoms with Crippen molar-refractivity contribution in [2.24, 2.45) is 0 Å². The van der Waals surface area contributed by atoms with Gasteiger partial charge in [-0.15, -0.1) is 0 Å². The molecule has 0 radical (unpaired) electrons. The number of hydrogen-bond donors (Lipinski definition) is 2. The first-order valence-electron chi connectivity index (χ1n) is 12.4. The molecule has 0 bridgehead atoms. The Bertz CT molecular complexity index is 1390. The number of benzene rings is 3. The quantitative estimate of drug-likeness (QED) is 0.463. The highest BCUT2D eigenvalue weighted by molar-refractivity contribution is 6.10. The van der Waals surface area contributed by atoms with Crippen molar-refractivity contribution >= 4 is 23.1 Å². The van der Waals surface area contributed by atoms with Gasteiger partial charge in [0.15, 0.2) is 5.78 Å². The van der Waals surface area contributed by atoms with Crippen LogP contribution in [-0.2, 0) is 9.59 Å². The summed E-state index contributed by atoms with van der Waals surface area (Å²) in [5.74, 6) is -1.06. The predicted octanol–water partition coefficient (Wildman–Crippen LogP) is 5.89. The van der Waals surface area contributed by atoms with E-state index in [-0.39, 0.29) is 23.4 Å². The van der Waals surface area contributed by atoms with Crippen molar-refractivity contribution in [3.8, 4) is 0 Å². The lowest BCUT2D eigenvalue weighted by Gasteiger charge is -2.37. The van der Waals surface area contributed by atoms with E-state index in [0.29, 0.717) is 35.4 Å². The minimum atomic E-state index is -0.503. The zero-order valence-electron chi connectivity index (χ0n) is 21.2. The van der Waals surface area contributed by atoms with Gasteiger partial charge in [-0.3, -0.25) is 9.59 Å². The smallest absolute Gasteiger partial charge is 0.254 e. The van der Waals surface area contributed by atoms with Gasteiger partial charge < -0.3 is 15.5 Å². The third kappa shape index (κ3) is 4.92. The normalized spacial score (nSPS) is 19.3. The number of amides is 1. The number of carbonyl (C=O) groups is 2. The Morgan fingerprint density at radius 2 is 1.59 bits per heavy atom. The molecule has 3 aromatic carbocycles. The summed E-state index contributed by atoms with van der Waals surface area (Å²) in [6.45, 7) is 1.88. The number of halogens is 1. The summed E-state index contributed by atoms with van der Waals surface area (Å²) < 4.78 is 13.4. The molecule has 3 aromatic rings. The van der Waals surface area contributed by atoms with E-state index in [9.17, 15) is 14.0 Å². The summed E-state index contributed by atoms with van der Waals surface area (Å²) in [7, 11) is 3.94. The lowest BCUT2D eigenvalue weighted by Crippen LogP contribution is -2.37. The van der Waals surface area contributed by atoms with Crippen LogP contribution in [0.15, 0.2) is 101 Å². The molecule has 2 aliphatic rings. The minimum absolute atomic E-state index is 0.0453. The van der Waals surface area contributed by atoms with Gasteiger partial charge in [0.25, 0.3) is 5.91 Å². The molecule has 0 unspecified atom stereocenters. The van der Waals surface area contributed by atoms with E-state index in [0.717, 1.165) is 22.5 Å². The number of hydrogen-bond acceptors (Lipinski definition) is 4. The Hall–Kier alpha value is -4.19. The van der Waals surface area contributed by atoms with Gasteiger partial charge in [-0.25, -0.2) is 4.39 Å². The molecular formula is C31H30FN3O2. The van der Waals surface area contributed by atoms with Crippen LogP contribution in [0.1, 0.15) is 42.7 Å². The number of rotatable bonds is 5. The zero-order chi connectivity index (χ0) is 26.1. The fourth-order valence-electron chi connectivity index (χ4n) is 5.33. The van der Waals surface area contributed by atoms with Gasteiger partial charge in [-0.1, -0.05) is 42.5 Å². The molecule has 5 rings (SSSR count). The highest BCUT2D eigenvalue weighted by Crippen LogP contribution is 2.45. The third-order valence-electron chi connectivity index (χ3n) is 7.19. The molecule has 1 heterocycles. The van der Waals surface area contributed by atoms with E-state index in [1.54, 1.807) is 0 Å². The maximum atomic E-state index is 13.7. The molecule has 2 atom stereocenters. The van der Waals surface area contributed by atoms with Gasteiger partial charge in [0.1, 0.15) is 5.82 Å². The first-order chi connectivity index (χ1) is 17.8. The molecule has 1 amide bonds. The Morgan fingerprint density at radius 3 is 2.24 bits per heavy atom. The first kappa shape index (κ1) is 24.5. The second-order valence-corrected chi connectivity index (χ2v) is 9.87. The summed E-state index contributed by atoms with van der Waals surface area (Å²) in [5, 5.41) is 6.31. The lowest BCUT2D eigenvalue weighted by atomic mass is 9.71. The zero-order valence-corrected chi connectivity index (χ0v) is 21.2. The molecule has 5 nitrogen and oxygen atoms in total. The number of anilines is 2. The van der Waals surface area contributed by atoms with Gasteiger partial charge >= 0.3 is 0 Å². The highest BCUT2D eigenvalue weighted by Gasteiger charge is 2.40. The largest absolute Gasteiger partial charge is 0.378 e. The van der Waals surface area contributed by atoms with Gasteiger partial charge in [0.05, 0.1) is 0 Å². The summed E-state index contributed by atoms with van der Waals surface area (Å²) in [5.41, 5.74) is 6.28. The van der Waals surface area contributed by atoms with Crippen LogP contribution >= 0.6 is 0 Å². The molecule has 37 heavy (non-hydrogen) atoms. The maximum Gasteiger partial charge on any atom is 0.254 e. The Labute approximate surface area is 216 Å². The van der Waals surface area contributed by atoms with Gasteiger partial charge in [0.2, 0.25) is 0 Å². The van der Waals surface area contributed by atoms with Crippen LogP contribution in [0.4, 0.5) is 15.8 Å². The van der Waals surface area contributed by atoms with Crippen molar-refractivity contribution in [3.63, 3.8) is 0 Å². The highest BCUT2D eigenvalue weighted by atomic mass is 19.1. The molecule has 6 heteroatoms. The summed E-state index contributed by atoms with van der Waals surface area (Å²) >= 11 is 0. The molecular weight excluding hydrogens is 465 g/mol. The van der Waals surface area contributed by atoms with Crippen LogP contribution in [0.5, 0.6) is 0 Å². The summed E-state index contributed by atoms with van der Waals surface area (Å²) in [6, 6.07) is 23.8. The van der Waals surface area contributed by atoms with E-state index >= 15 is 0 Å². The van der Waals surface area contributed by atoms with Crippen molar-refractivity contribution in [2.75, 3.05) is 24.3 Å². The van der Waals surface area contributed by atoms with Crippen LogP contribution in [0, 0.1) is 5.82 Å². The topological polar surface area (TPSA) is 61.4 Å². The van der Waals surface area contributed by atoms with Crippen LogP contribution in [0.3, 0.4) is 0 Å². The fraction of sp³-hybridized carbons (Fsp3) is 0.226. The molecule has 188 valence electrons. The monoisotopic (exact) mass is 495 g/mol. The summed E-state index contributed by atoms with van der Waals surface area (Å²) in [4.78, 5) is 29.4. The average Bonchev–Trinajstić information content (AvgIpc) is 2.89. The number of allylic oxidation sites excluding steroid dienone is 3. The maximum absolute atomic E-state index is 13.7. The molecule has 0 spiro atoms. The number of carbonyl (C=O) groups excluding carboxylic acids is 2. The standard InChI is InChI=1S/C31H30FN3O2/c1-19-28(31(37)34-24-13-11-23(32)12-14-24)29(21-9-15-25(16-10-21)35(2)3)30-26(33-19)17-22(18-27(30)36)20-7-5-4-6-8-20/h4-16,22,29,33H,17-18H2,1-3H3,(H,34,37)/t22-,29-/m0/s1. The van der Waals surface area contributed by atoms with Crippen molar-refractivity contribution in [3.05, 3.63) is 118 Å². The molecule has 0 saturated heterocycles. The second-order valence-electron chi connectivity index (χ2n) is 9.87. The van der Waals surface area contributed by atoms with Crippen LogP contribution in [-0.4, -0.2) is 25.8 Å². The van der Waals surface area contributed by atoms with Crippen molar-refractivity contribution in [2.45, 2.75) is 31.6 Å². The molecule has 2 N–H and O–H groups in total. The van der Waals surface area contributed by atoms with Crippen molar-refractivity contribution < 1.29 is 14.0 Å². The van der Waals surface area contributed by atoms with E-state index in [4.69, 9.17) is 0 Å². The average molecular weight is 496 g/mol. The van der Waals surface area contributed by atoms with Gasteiger partial charge in [0, 0.05) is 60.3 Å². The molecule has 1 aliphatic heterocycles. The SMILES string of the molecule is CC1=C(C(=O)Nc2ccc(F)cc2)[C@H](c2ccc(N(C)C)cc2)C2=C(C[C@H](c3ccccc3)CC2=O)N1. The summed E-state index contributed by atoms with van der Waals surface area (Å²) in [6.07, 6.45) is 1.09. The Morgan fingerprint density at radius 1 is 0.919 bits per heavy atom. The number of ketones is 1. The number of nitrogens with zero attached hydrogens (tertiary/aromatic N) is 1. The fourth-order valence-corrected chi connectivity index (χ4v) is 5.33. The van der Waals surface area contributed by atoms with Crippen LogP contribution in [0.25, 0.3) is 0 Å². The molecule has 0 saturated carbocycles. The van der Waals surface area contributed by atoms with E-state index in [1.807, 2.05) is 68.4 Å². The van der Waals surface area contributed by atoms with E-state index in [1.165, 1.54) is 24.3 Å². The van der Waals surface area contributed by atoms with Crippen LogP contribution < -0.4 is 15.5 Å². The first-order valence-corrected chi connectivity index (χ1v) is 12.4. The Kier molecular flexibility index (Phi) is 6.66. The Balaban J connectivity index is 1.56. The van der Waals surface area contributed by atoms with Gasteiger partial charge in [-0.05, 0) is 66.8 Å². The number of Topliss-reactive ketones (excluding diaryl/α,β-unsaturated/α-hetero) is 1. The van der Waals surface area contributed by atoms with E-state index in [2.05, 4.69) is 22.8 Å². The lowest BCUT2D eigenvalue weighted by molar-refractivity contribution is -0.116. The molecule has 1 aliphatic carbocycles. The van der Waals surface area contributed by atoms with Crippen molar-refractivity contribution in [1.29, 1.82) is 0 Å². The number of nitrogens with one attached hydrogen (secondary N) is 2. The predicted molar refractivity (Wildman–Crippen MR) is 145 cm³/mol. The molecule has 0 fully saturated rings. The third-order valence-corrected chi connectivity index (χ3v) is 7.19. The second kappa shape index (κ2) is 10.1. The molecule has 0 aromatic heterocycles. The number of dihydropyridines is 1. The van der Waals surface area contributed by atoms with Crippen molar-refractivity contribution in [1.82, 2.24) is 5.32 Å². The van der Waals surface area contributed by atoms with Crippen LogP contribution in [0.2, 0.25) is 0 Å². The van der Waals surface area contributed by atoms with E-state index < -0.39 is 5.92 Å². The van der Waals surface area contributed by atoms with Gasteiger partial charge in [-0.2, -0.15) is 0 Å². The minimum Gasteiger partial charge on any atom is -0.378 e.